The molecule has 0 saturated carbocycles. The lowest BCUT2D eigenvalue weighted by Gasteiger charge is -2.36. The van der Waals surface area contributed by atoms with E-state index in [0.717, 1.165) is 39.3 Å². The molecule has 4 aromatic carbocycles. The van der Waals surface area contributed by atoms with E-state index in [9.17, 15) is 9.18 Å². The molecular weight excluding hydrogens is 531 g/mol. The molecule has 0 saturated heterocycles. The van der Waals surface area contributed by atoms with Crippen LogP contribution in [-0.2, 0) is 30.0 Å². The van der Waals surface area contributed by atoms with Crippen molar-refractivity contribution in [3.63, 3.8) is 0 Å². The number of carbonyl (C=O) groups excluding carboxylic acids is 1. The zero-order valence-corrected chi connectivity index (χ0v) is 23.7. The number of halogens is 1. The van der Waals surface area contributed by atoms with Gasteiger partial charge in [-0.15, -0.1) is 0 Å². The fraction of sp³-hybridized carbons (Fsp3) is 0.200. The Morgan fingerprint density at radius 1 is 0.786 bits per heavy atom. The van der Waals surface area contributed by atoms with Crippen LogP contribution in [0.3, 0.4) is 0 Å². The molecule has 0 spiro atoms. The Hall–Kier alpha value is -4.75. The van der Waals surface area contributed by atoms with Gasteiger partial charge in [-0.1, -0.05) is 72.8 Å². The van der Waals surface area contributed by atoms with Gasteiger partial charge in [0.25, 0.3) is 0 Å². The smallest absolute Gasteiger partial charge is 0.232 e. The summed E-state index contributed by atoms with van der Waals surface area (Å²) >= 11 is 0. The summed E-state index contributed by atoms with van der Waals surface area (Å²) in [6.45, 7) is -0.416. The molecule has 5 aromatic rings. The summed E-state index contributed by atoms with van der Waals surface area (Å²) in [7, 11) is 3.27. The summed E-state index contributed by atoms with van der Waals surface area (Å²) in [5.41, 5.74) is 3.99. The number of aromatic nitrogens is 2. The molecule has 0 amide bonds. The quantitative estimate of drug-likeness (QED) is 0.151. The van der Waals surface area contributed by atoms with E-state index >= 15 is 0 Å². The van der Waals surface area contributed by atoms with Gasteiger partial charge in [0.15, 0.2) is 0 Å². The minimum absolute atomic E-state index is 0.0712. The van der Waals surface area contributed by atoms with Gasteiger partial charge >= 0.3 is 0 Å². The molecule has 1 heterocycles. The predicted octanol–water partition coefficient (Wildman–Crippen LogP) is 7.15. The van der Waals surface area contributed by atoms with Crippen molar-refractivity contribution in [3.05, 3.63) is 149 Å². The molecule has 214 valence electrons. The molecule has 7 heteroatoms. The molecule has 1 aromatic heterocycles. The van der Waals surface area contributed by atoms with Crippen LogP contribution < -0.4 is 9.47 Å². The van der Waals surface area contributed by atoms with Crippen LogP contribution in [0.4, 0.5) is 4.39 Å². The highest BCUT2D eigenvalue weighted by Gasteiger charge is 2.38. The molecule has 0 aliphatic rings. The van der Waals surface area contributed by atoms with Crippen molar-refractivity contribution in [2.75, 3.05) is 14.2 Å². The molecule has 0 fully saturated rings. The summed E-state index contributed by atoms with van der Waals surface area (Å²) in [6.07, 6.45) is 5.43. The molecule has 42 heavy (non-hydrogen) atoms. The lowest BCUT2D eigenvalue weighted by Crippen LogP contribution is -2.32. The van der Waals surface area contributed by atoms with Gasteiger partial charge < -0.3 is 14.2 Å². The van der Waals surface area contributed by atoms with Crippen molar-refractivity contribution in [3.8, 4) is 11.5 Å². The number of ether oxygens (including phenoxy) is 3. The predicted molar refractivity (Wildman–Crippen MR) is 160 cm³/mol. The highest BCUT2D eigenvalue weighted by atomic mass is 19.1. The summed E-state index contributed by atoms with van der Waals surface area (Å²) in [4.78, 5) is 16.5. The zero-order chi connectivity index (χ0) is 29.4. The number of rotatable bonds is 12. The van der Waals surface area contributed by atoms with Gasteiger partial charge in [0.1, 0.15) is 30.1 Å². The first-order chi connectivity index (χ1) is 20.5. The molecule has 0 unspecified atom stereocenters. The number of aryl methyl sites for hydroxylation is 1. The van der Waals surface area contributed by atoms with Crippen molar-refractivity contribution in [2.45, 2.75) is 31.7 Å². The van der Waals surface area contributed by atoms with E-state index in [1.165, 1.54) is 10.9 Å². The third-order valence-corrected chi connectivity index (χ3v) is 7.32. The summed E-state index contributed by atoms with van der Waals surface area (Å²) < 4.78 is 33.3. The Morgan fingerprint density at radius 3 is 1.90 bits per heavy atom. The summed E-state index contributed by atoms with van der Waals surface area (Å²) in [6, 6.07) is 31.3. The van der Waals surface area contributed by atoms with E-state index in [0.29, 0.717) is 12.0 Å². The number of hydrogen-bond acceptors (Lipinski definition) is 5. The van der Waals surface area contributed by atoms with E-state index in [4.69, 9.17) is 14.2 Å². The maximum Gasteiger partial charge on any atom is 0.232 e. The van der Waals surface area contributed by atoms with Gasteiger partial charge in [-0.25, -0.2) is 9.37 Å². The van der Waals surface area contributed by atoms with Crippen LogP contribution in [0.1, 0.15) is 44.6 Å². The van der Waals surface area contributed by atoms with Crippen LogP contribution in [0.2, 0.25) is 0 Å². The molecule has 0 N–H and O–H groups in total. The number of methoxy groups -OCH3 is 2. The van der Waals surface area contributed by atoms with Gasteiger partial charge in [-0.2, -0.15) is 0 Å². The first-order valence-corrected chi connectivity index (χ1v) is 13.7. The number of hydrogen-bond donors (Lipinski definition) is 0. The number of alkyl halides is 1. The second-order valence-electron chi connectivity index (χ2n) is 9.95. The van der Waals surface area contributed by atoms with Crippen LogP contribution in [0.25, 0.3) is 0 Å². The van der Waals surface area contributed by atoms with Crippen LogP contribution in [-0.4, -0.2) is 29.7 Å². The maximum atomic E-state index is 14.0. The maximum absolute atomic E-state index is 14.0. The van der Waals surface area contributed by atoms with Crippen molar-refractivity contribution >= 4 is 5.91 Å². The summed E-state index contributed by atoms with van der Waals surface area (Å²) in [5.74, 6) is 1.40. The van der Waals surface area contributed by atoms with Crippen molar-refractivity contribution < 1.29 is 23.4 Å². The average molecular weight is 565 g/mol. The standard InChI is InChI=1S/C35H33FN2O4/c1-40-32-13-9-30(10-14-32)35(29-6-4-3-5-7-29,31-11-15-33(41-2)16-12-31)42-24-28-21-26(20-27(22-28)23-36)8-17-34(39)38-19-18-37-25-38/h3-7,9-16,18-22,25H,8,17,23-24H2,1-2H3. The minimum Gasteiger partial charge on any atom is -0.497 e. The van der Waals surface area contributed by atoms with Gasteiger partial charge in [0, 0.05) is 18.8 Å². The number of nitrogens with zero attached hydrogens (tertiary/aromatic N) is 2. The van der Waals surface area contributed by atoms with Crippen molar-refractivity contribution in [2.24, 2.45) is 0 Å². The Balaban J connectivity index is 1.53. The third kappa shape index (κ3) is 6.26. The van der Waals surface area contributed by atoms with Gasteiger partial charge in [-0.3, -0.25) is 9.36 Å². The van der Waals surface area contributed by atoms with Gasteiger partial charge in [-0.05, 0) is 64.1 Å². The largest absolute Gasteiger partial charge is 0.497 e. The molecule has 0 aliphatic heterocycles. The average Bonchev–Trinajstić information content (AvgIpc) is 3.60. The van der Waals surface area contributed by atoms with Crippen molar-refractivity contribution in [1.29, 1.82) is 0 Å². The molecule has 0 bridgehead atoms. The topological polar surface area (TPSA) is 62.6 Å². The Bertz CT molecular complexity index is 1540. The van der Waals surface area contributed by atoms with Crippen LogP contribution in [0, 0.1) is 0 Å². The lowest BCUT2D eigenvalue weighted by atomic mass is 9.80. The van der Waals surface area contributed by atoms with Crippen LogP contribution >= 0.6 is 0 Å². The Morgan fingerprint density at radius 2 is 1.36 bits per heavy atom. The van der Waals surface area contributed by atoms with Crippen LogP contribution in [0.15, 0.2) is 116 Å². The molecule has 6 nitrogen and oxygen atoms in total. The third-order valence-electron chi connectivity index (χ3n) is 7.32. The fourth-order valence-electron chi connectivity index (χ4n) is 5.20. The van der Waals surface area contributed by atoms with E-state index in [1.54, 1.807) is 26.6 Å². The molecule has 0 radical (unpaired) electrons. The normalized spacial score (nSPS) is 11.3. The second kappa shape index (κ2) is 13.3. The monoisotopic (exact) mass is 564 g/mol. The number of benzene rings is 4. The highest BCUT2D eigenvalue weighted by Crippen LogP contribution is 2.42. The molecule has 5 rings (SSSR count). The first-order valence-electron chi connectivity index (χ1n) is 13.7. The van der Waals surface area contributed by atoms with E-state index in [2.05, 4.69) is 4.98 Å². The Labute approximate surface area is 245 Å². The zero-order valence-electron chi connectivity index (χ0n) is 23.7. The molecule has 0 aliphatic carbocycles. The fourth-order valence-corrected chi connectivity index (χ4v) is 5.20. The van der Waals surface area contributed by atoms with Gasteiger partial charge in [0.05, 0.1) is 20.8 Å². The molecule has 0 atom stereocenters. The minimum atomic E-state index is -0.997. The number of carbonyl (C=O) groups is 1. The van der Waals surface area contributed by atoms with E-state index in [1.807, 2.05) is 97.1 Å². The molecular formula is C35H33FN2O4. The lowest BCUT2D eigenvalue weighted by molar-refractivity contribution is 0.000131. The van der Waals surface area contributed by atoms with E-state index in [-0.39, 0.29) is 18.9 Å². The van der Waals surface area contributed by atoms with E-state index < -0.39 is 12.3 Å². The van der Waals surface area contributed by atoms with Gasteiger partial charge in [0.2, 0.25) is 5.91 Å². The first kappa shape index (κ1) is 28.8. The second-order valence-corrected chi connectivity index (χ2v) is 9.95. The highest BCUT2D eigenvalue weighted by molar-refractivity contribution is 5.78. The number of imidazole rings is 1. The summed E-state index contributed by atoms with van der Waals surface area (Å²) in [5, 5.41) is 0. The van der Waals surface area contributed by atoms with Crippen molar-refractivity contribution in [1.82, 2.24) is 9.55 Å². The Kier molecular flexibility index (Phi) is 9.09. The SMILES string of the molecule is COc1ccc(C(OCc2cc(CF)cc(CCC(=O)n3ccnc3)c2)(c2ccccc2)c2ccc(OC)cc2)cc1. The van der Waals surface area contributed by atoms with Crippen LogP contribution in [0.5, 0.6) is 11.5 Å².